The molecule has 0 fully saturated rings. The molecule has 3 aromatic rings. The second-order valence-corrected chi connectivity index (χ2v) is 6.95. The lowest BCUT2D eigenvalue weighted by Crippen LogP contribution is -2.35. The highest BCUT2D eigenvalue weighted by molar-refractivity contribution is 5.88. The molecule has 0 radical (unpaired) electrons. The number of fused-ring (bicyclic) bond motifs is 5. The molecule has 0 bridgehead atoms. The minimum atomic E-state index is 0.243. The van der Waals surface area contributed by atoms with Crippen LogP contribution in [0.4, 0.5) is 0 Å². The number of ether oxygens (including phenoxy) is 5. The minimum Gasteiger partial charge on any atom is -0.493 e. The number of hydrogen-bond donors (Lipinski definition) is 0. The molecule has 2 aliphatic heterocycles. The maximum Gasteiger partial charge on any atom is 0.231 e. The molecule has 0 amide bonds. The van der Waals surface area contributed by atoms with Crippen molar-refractivity contribution in [1.82, 2.24) is 0 Å². The summed E-state index contributed by atoms with van der Waals surface area (Å²) in [6.45, 7) is 1.84. The van der Waals surface area contributed by atoms with Crippen molar-refractivity contribution >= 4 is 10.8 Å². The number of hydrogen-bond acceptors (Lipinski definition) is 5. The Labute approximate surface area is 163 Å². The van der Waals surface area contributed by atoms with Gasteiger partial charge in [0, 0.05) is 30.0 Å². The highest BCUT2D eigenvalue weighted by Crippen LogP contribution is 2.43. The molecule has 0 N–H and O–H groups in total. The second kappa shape index (κ2) is 6.78. The van der Waals surface area contributed by atoms with Crippen molar-refractivity contribution in [1.29, 1.82) is 0 Å². The number of benzene rings is 2. The van der Waals surface area contributed by atoms with Crippen LogP contribution in [0.1, 0.15) is 12.8 Å². The number of methoxy groups -OCH3 is 2. The summed E-state index contributed by atoms with van der Waals surface area (Å²) in [5.74, 6) is 3.74. The first-order valence-corrected chi connectivity index (χ1v) is 9.43. The van der Waals surface area contributed by atoms with Crippen molar-refractivity contribution in [3.8, 4) is 40.0 Å². The van der Waals surface area contributed by atoms with E-state index in [-0.39, 0.29) is 6.79 Å². The Hall–Kier alpha value is -3.15. The smallest absolute Gasteiger partial charge is 0.231 e. The lowest BCUT2D eigenvalue weighted by Gasteiger charge is -2.12. The van der Waals surface area contributed by atoms with Gasteiger partial charge in [-0.2, -0.15) is 4.57 Å². The topological polar surface area (TPSA) is 50.0 Å². The van der Waals surface area contributed by atoms with Gasteiger partial charge in [-0.1, -0.05) is 0 Å². The lowest BCUT2D eigenvalue weighted by molar-refractivity contribution is -0.685. The van der Waals surface area contributed by atoms with Gasteiger partial charge in [-0.25, -0.2) is 0 Å². The molecule has 28 heavy (non-hydrogen) atoms. The Bertz CT molecular complexity index is 1060. The normalized spacial score (nSPS) is 14.9. The van der Waals surface area contributed by atoms with E-state index >= 15 is 0 Å². The highest BCUT2D eigenvalue weighted by atomic mass is 16.7. The van der Waals surface area contributed by atoms with E-state index in [1.807, 2.05) is 24.3 Å². The van der Waals surface area contributed by atoms with Crippen LogP contribution in [0, 0.1) is 0 Å². The Morgan fingerprint density at radius 1 is 0.786 bits per heavy atom. The molecule has 1 aromatic heterocycles. The number of aryl methyl sites for hydroxylation is 1. The number of aromatic nitrogens is 1. The van der Waals surface area contributed by atoms with Crippen molar-refractivity contribution in [2.45, 2.75) is 19.4 Å². The molecule has 0 atom stereocenters. The van der Waals surface area contributed by atoms with Crippen LogP contribution in [0.3, 0.4) is 0 Å². The van der Waals surface area contributed by atoms with Crippen LogP contribution < -0.4 is 28.3 Å². The van der Waals surface area contributed by atoms with E-state index in [0.717, 1.165) is 64.4 Å². The van der Waals surface area contributed by atoms with Crippen LogP contribution in [-0.2, 0) is 6.54 Å². The first-order valence-electron chi connectivity index (χ1n) is 9.43. The molecule has 0 spiro atoms. The third kappa shape index (κ3) is 2.76. The molecule has 2 aromatic carbocycles. The Morgan fingerprint density at radius 2 is 1.54 bits per heavy atom. The van der Waals surface area contributed by atoms with Gasteiger partial charge in [0.1, 0.15) is 12.3 Å². The number of rotatable bonds is 2. The second-order valence-electron chi connectivity index (χ2n) is 6.95. The van der Waals surface area contributed by atoms with Gasteiger partial charge >= 0.3 is 0 Å². The van der Waals surface area contributed by atoms with E-state index < -0.39 is 0 Å². The van der Waals surface area contributed by atoms with Crippen LogP contribution >= 0.6 is 0 Å². The predicted octanol–water partition coefficient (Wildman–Crippen LogP) is 3.71. The lowest BCUT2D eigenvalue weighted by atomic mass is 10.0. The van der Waals surface area contributed by atoms with Crippen molar-refractivity contribution in [3.63, 3.8) is 0 Å². The average molecular weight is 380 g/mol. The fourth-order valence-corrected chi connectivity index (χ4v) is 3.84. The summed E-state index contributed by atoms with van der Waals surface area (Å²) in [7, 11) is 3.31. The quantitative estimate of drug-likeness (QED) is 0.635. The Kier molecular flexibility index (Phi) is 4.11. The summed E-state index contributed by atoms with van der Waals surface area (Å²) in [6, 6.07) is 10.2. The number of nitrogens with zero attached hydrogens (tertiary/aromatic N) is 1. The summed E-state index contributed by atoms with van der Waals surface area (Å²) in [4.78, 5) is 0. The zero-order valence-electron chi connectivity index (χ0n) is 16.0. The van der Waals surface area contributed by atoms with Gasteiger partial charge in [0.25, 0.3) is 0 Å². The molecule has 0 saturated carbocycles. The van der Waals surface area contributed by atoms with Gasteiger partial charge in [0.2, 0.25) is 12.5 Å². The van der Waals surface area contributed by atoms with E-state index in [4.69, 9.17) is 23.7 Å². The molecule has 6 nitrogen and oxygen atoms in total. The van der Waals surface area contributed by atoms with Crippen molar-refractivity contribution in [2.24, 2.45) is 0 Å². The largest absolute Gasteiger partial charge is 0.493 e. The fourth-order valence-electron chi connectivity index (χ4n) is 3.84. The summed E-state index contributed by atoms with van der Waals surface area (Å²) >= 11 is 0. The van der Waals surface area contributed by atoms with Crippen LogP contribution in [0.15, 0.2) is 36.5 Å². The molecule has 144 valence electrons. The van der Waals surface area contributed by atoms with Crippen molar-refractivity contribution in [3.05, 3.63) is 36.5 Å². The molecule has 2 aliphatic rings. The van der Waals surface area contributed by atoms with Gasteiger partial charge in [-0.3, -0.25) is 0 Å². The van der Waals surface area contributed by atoms with Gasteiger partial charge in [-0.15, -0.1) is 0 Å². The minimum absolute atomic E-state index is 0.243. The molecule has 5 rings (SSSR count). The van der Waals surface area contributed by atoms with E-state index in [0.29, 0.717) is 12.4 Å². The molecule has 0 unspecified atom stereocenters. The molecule has 0 aliphatic carbocycles. The monoisotopic (exact) mass is 380 g/mol. The third-order valence-corrected chi connectivity index (χ3v) is 5.29. The molecular formula is C22H22NO5+. The van der Waals surface area contributed by atoms with E-state index in [1.54, 1.807) is 14.2 Å². The standard InChI is InChI=1S/C22H22NO5/c1-24-19-8-14-7-17-16-10-21-22(28-13-27-21)11-18(16)26-6-4-3-5-23(17)12-15(14)9-20(19)25-2/h7-12H,3-6,13H2,1-2H3/q+1. The average Bonchev–Trinajstić information content (AvgIpc) is 3.20. The predicted molar refractivity (Wildman–Crippen MR) is 104 cm³/mol. The number of pyridine rings is 1. The van der Waals surface area contributed by atoms with Gasteiger partial charge in [0.15, 0.2) is 29.2 Å². The molecule has 0 saturated heterocycles. The highest BCUT2D eigenvalue weighted by Gasteiger charge is 2.26. The molecule has 3 heterocycles. The first kappa shape index (κ1) is 17.0. The molecule has 6 heteroatoms. The molecular weight excluding hydrogens is 358 g/mol. The van der Waals surface area contributed by atoms with Gasteiger partial charge in [-0.05, 0) is 23.9 Å². The van der Waals surface area contributed by atoms with Crippen molar-refractivity contribution in [2.75, 3.05) is 27.6 Å². The van der Waals surface area contributed by atoms with E-state index in [1.165, 1.54) is 0 Å². The first-order chi connectivity index (χ1) is 13.8. The van der Waals surface area contributed by atoms with Crippen molar-refractivity contribution < 1.29 is 28.3 Å². The summed E-state index contributed by atoms with van der Waals surface area (Å²) in [5, 5.41) is 2.18. The van der Waals surface area contributed by atoms with Crippen LogP contribution in [0.25, 0.3) is 22.0 Å². The Balaban J connectivity index is 1.76. The third-order valence-electron chi connectivity index (χ3n) is 5.29. The van der Waals surface area contributed by atoms with E-state index in [2.05, 4.69) is 16.8 Å². The summed E-state index contributed by atoms with van der Waals surface area (Å²) in [5.41, 5.74) is 2.08. The summed E-state index contributed by atoms with van der Waals surface area (Å²) < 4.78 is 30.5. The zero-order chi connectivity index (χ0) is 19.1. The summed E-state index contributed by atoms with van der Waals surface area (Å²) in [6.07, 6.45) is 4.20. The van der Waals surface area contributed by atoms with Gasteiger partial charge in [0.05, 0.1) is 26.4 Å². The van der Waals surface area contributed by atoms with Crippen LogP contribution in [0.5, 0.6) is 28.7 Å². The van der Waals surface area contributed by atoms with Gasteiger partial charge < -0.3 is 23.7 Å². The van der Waals surface area contributed by atoms with E-state index in [9.17, 15) is 0 Å². The van der Waals surface area contributed by atoms with Crippen LogP contribution in [-0.4, -0.2) is 27.6 Å². The Morgan fingerprint density at radius 3 is 2.32 bits per heavy atom. The SMILES string of the molecule is COc1cc2cc3[n+](cc2cc1OC)CCCCOc1cc2c(cc1-3)OCO2. The van der Waals surface area contributed by atoms with Crippen LogP contribution in [0.2, 0.25) is 0 Å². The maximum atomic E-state index is 6.09. The maximum absolute atomic E-state index is 6.09. The fraction of sp³-hybridized carbons (Fsp3) is 0.318. The zero-order valence-corrected chi connectivity index (χ0v) is 16.0.